The summed E-state index contributed by atoms with van der Waals surface area (Å²) in [6.07, 6.45) is 7.59. The van der Waals surface area contributed by atoms with Crippen molar-refractivity contribution in [1.29, 1.82) is 0 Å². The Hall–Kier alpha value is -3.19. The van der Waals surface area contributed by atoms with Crippen LogP contribution in [-0.4, -0.2) is 63.5 Å². The van der Waals surface area contributed by atoms with E-state index in [1.165, 1.54) is 11.3 Å². The highest BCUT2D eigenvalue weighted by Gasteiger charge is 2.20. The summed E-state index contributed by atoms with van der Waals surface area (Å²) in [5, 5.41) is 14.6. The van der Waals surface area contributed by atoms with E-state index in [1.54, 1.807) is 36.8 Å². The van der Waals surface area contributed by atoms with Gasteiger partial charge < -0.3 is 24.5 Å². The second-order valence-corrected chi connectivity index (χ2v) is 12.2. The predicted molar refractivity (Wildman–Crippen MR) is 166 cm³/mol. The summed E-state index contributed by atoms with van der Waals surface area (Å²) >= 11 is 7.49. The van der Waals surface area contributed by atoms with Crippen LogP contribution in [0.1, 0.15) is 58.4 Å². The maximum Gasteiger partial charge on any atom is 0.257 e. The first kappa shape index (κ1) is 31.2. The first-order valence-corrected chi connectivity index (χ1v) is 15.6. The van der Waals surface area contributed by atoms with Crippen molar-refractivity contribution in [3.63, 3.8) is 0 Å². The number of carbonyl (C=O) groups is 1. The summed E-state index contributed by atoms with van der Waals surface area (Å²) < 4.78 is 13.6. The van der Waals surface area contributed by atoms with Gasteiger partial charge in [0.1, 0.15) is 16.5 Å². The molecule has 0 aliphatic carbocycles. The molecule has 228 valence electrons. The molecule has 1 aliphatic rings. The van der Waals surface area contributed by atoms with Gasteiger partial charge in [0.05, 0.1) is 12.0 Å². The van der Waals surface area contributed by atoms with Crippen molar-refractivity contribution in [3.8, 4) is 0 Å². The van der Waals surface area contributed by atoms with Gasteiger partial charge in [-0.1, -0.05) is 23.7 Å². The number of nitrogens with zero attached hydrogens (tertiary/aromatic N) is 4. The van der Waals surface area contributed by atoms with Crippen LogP contribution in [0.2, 0.25) is 5.02 Å². The van der Waals surface area contributed by atoms with E-state index >= 15 is 0 Å². The predicted octanol–water partition coefficient (Wildman–Crippen LogP) is 4.54. The smallest absolute Gasteiger partial charge is 0.257 e. The zero-order chi connectivity index (χ0) is 30.2. The summed E-state index contributed by atoms with van der Waals surface area (Å²) in [7, 11) is 1.89. The number of pyridine rings is 1. The first-order chi connectivity index (χ1) is 20.9. The highest BCUT2D eigenvalue weighted by Crippen LogP contribution is 2.26. The molecule has 43 heavy (non-hydrogen) atoms. The molecule has 2 atom stereocenters. The van der Waals surface area contributed by atoms with Crippen molar-refractivity contribution in [2.75, 3.05) is 26.8 Å². The number of nitrogens with one attached hydrogen (secondary N) is 1. The number of benzene rings is 1. The lowest BCUT2D eigenvalue weighted by Crippen LogP contribution is -2.29. The quantitative estimate of drug-likeness (QED) is 0.208. The molecule has 0 spiro atoms. The van der Waals surface area contributed by atoms with E-state index in [0.717, 1.165) is 41.1 Å². The fourth-order valence-electron chi connectivity index (χ4n) is 4.99. The molecular weight excluding hydrogens is 590 g/mol. The van der Waals surface area contributed by atoms with Crippen molar-refractivity contribution in [2.45, 2.75) is 57.7 Å². The molecule has 0 radical (unpaired) electrons. The highest BCUT2D eigenvalue weighted by atomic mass is 35.5. The van der Waals surface area contributed by atoms with Crippen LogP contribution in [0.3, 0.4) is 0 Å². The van der Waals surface area contributed by atoms with Gasteiger partial charge in [-0.2, -0.15) is 0 Å². The Labute approximate surface area is 259 Å². The number of hydrogen-bond donors (Lipinski definition) is 2. The van der Waals surface area contributed by atoms with Crippen molar-refractivity contribution in [1.82, 2.24) is 24.8 Å². The third kappa shape index (κ3) is 8.47. The number of aromatic nitrogens is 3. The number of halogens is 1. The molecule has 2 unspecified atom stereocenters. The molecule has 4 aromatic rings. The van der Waals surface area contributed by atoms with Crippen molar-refractivity contribution in [3.05, 3.63) is 92.1 Å². The van der Waals surface area contributed by atoms with Gasteiger partial charge in [0.15, 0.2) is 12.1 Å². The minimum atomic E-state index is -0.843. The molecule has 3 aromatic heterocycles. The van der Waals surface area contributed by atoms with Crippen LogP contribution in [0.5, 0.6) is 0 Å². The number of fused-ring (bicyclic) bond motifs is 1. The van der Waals surface area contributed by atoms with Crippen molar-refractivity contribution < 1.29 is 19.4 Å². The lowest BCUT2D eigenvalue weighted by Gasteiger charge is -2.22. The molecule has 10 nitrogen and oxygen atoms in total. The van der Waals surface area contributed by atoms with Crippen LogP contribution >= 0.6 is 22.9 Å². The molecule has 12 heteroatoms. The number of likely N-dealkylation sites (N-methyl/N-ethyl adjacent to an activating group) is 1. The fraction of sp³-hybridized carbons (Fsp3) is 0.419. The molecule has 0 saturated carbocycles. The average molecular weight is 626 g/mol. The minimum Gasteiger partial charge on any atom is -0.384 e. The maximum absolute atomic E-state index is 13.6. The van der Waals surface area contributed by atoms with E-state index in [0.29, 0.717) is 48.9 Å². The van der Waals surface area contributed by atoms with Crippen LogP contribution < -0.4 is 10.7 Å². The molecule has 1 fully saturated rings. The maximum atomic E-state index is 13.6. The standard InChI is InChI=1S/C31H36ClN5O5S/c1-36(20-26(38)29-33-11-4-12-34-29)18-23-16-24-28(39)25(30(40)35-17-21-7-9-22(32)10-8-21)19-37(31(24)43-23)13-5-15-42-27-6-2-3-14-41-27/h4,7-12,16,19,26-27,38H,2-3,5-6,13-15,17-18,20H2,1H3,(H,35,40). The average Bonchev–Trinajstić information content (AvgIpc) is 3.45. The van der Waals surface area contributed by atoms with Crippen LogP contribution in [0, 0.1) is 0 Å². The van der Waals surface area contributed by atoms with E-state index in [-0.39, 0.29) is 23.8 Å². The number of thiophene rings is 1. The van der Waals surface area contributed by atoms with E-state index in [2.05, 4.69) is 15.3 Å². The monoisotopic (exact) mass is 625 g/mol. The van der Waals surface area contributed by atoms with Crippen LogP contribution in [0.25, 0.3) is 10.2 Å². The Balaban J connectivity index is 1.33. The molecular formula is C31H36ClN5O5S. The Bertz CT molecular complexity index is 1560. The molecule has 1 aromatic carbocycles. The third-order valence-electron chi connectivity index (χ3n) is 7.19. The zero-order valence-electron chi connectivity index (χ0n) is 24.1. The number of aryl methyl sites for hydroxylation is 1. The molecule has 0 bridgehead atoms. The van der Waals surface area contributed by atoms with Gasteiger partial charge in [0.25, 0.3) is 5.91 Å². The summed E-state index contributed by atoms with van der Waals surface area (Å²) in [5.41, 5.74) is 0.659. The second kappa shape index (κ2) is 15.0. The normalized spacial score (nSPS) is 16.0. The summed E-state index contributed by atoms with van der Waals surface area (Å²) in [6, 6.07) is 10.7. The van der Waals surface area contributed by atoms with Crippen molar-refractivity contribution >= 4 is 39.1 Å². The van der Waals surface area contributed by atoms with E-state index < -0.39 is 12.0 Å². The number of hydrogen-bond acceptors (Lipinski definition) is 9. The number of ether oxygens (including phenoxy) is 2. The van der Waals surface area contributed by atoms with Crippen LogP contribution in [-0.2, 0) is 29.1 Å². The molecule has 5 rings (SSSR count). The summed E-state index contributed by atoms with van der Waals surface area (Å²) in [5.74, 6) is -0.0706. The number of rotatable bonds is 13. The van der Waals surface area contributed by atoms with E-state index in [9.17, 15) is 14.7 Å². The molecule has 4 heterocycles. The topological polar surface area (TPSA) is 119 Å². The zero-order valence-corrected chi connectivity index (χ0v) is 25.6. The van der Waals surface area contributed by atoms with Gasteiger partial charge in [-0.05, 0) is 62.6 Å². The van der Waals surface area contributed by atoms with Gasteiger partial charge in [-0.15, -0.1) is 11.3 Å². The highest BCUT2D eigenvalue weighted by molar-refractivity contribution is 7.18. The van der Waals surface area contributed by atoms with E-state index in [4.69, 9.17) is 21.1 Å². The third-order valence-corrected chi connectivity index (χ3v) is 8.60. The van der Waals surface area contributed by atoms with Crippen LogP contribution in [0.4, 0.5) is 0 Å². The van der Waals surface area contributed by atoms with Gasteiger partial charge in [0.2, 0.25) is 5.43 Å². The van der Waals surface area contributed by atoms with Crippen LogP contribution in [0.15, 0.2) is 59.8 Å². The van der Waals surface area contributed by atoms with Crippen molar-refractivity contribution in [2.24, 2.45) is 0 Å². The number of aliphatic hydroxyl groups is 1. The molecule has 1 saturated heterocycles. The van der Waals surface area contributed by atoms with Gasteiger partial charge in [0, 0.05) is 61.3 Å². The van der Waals surface area contributed by atoms with Gasteiger partial charge >= 0.3 is 0 Å². The van der Waals surface area contributed by atoms with Gasteiger partial charge in [-0.3, -0.25) is 14.5 Å². The Morgan fingerprint density at radius 1 is 1.28 bits per heavy atom. The fourth-order valence-corrected chi connectivity index (χ4v) is 6.35. The Morgan fingerprint density at radius 3 is 2.81 bits per heavy atom. The summed E-state index contributed by atoms with van der Waals surface area (Å²) in [4.78, 5) is 38.8. The molecule has 1 amide bonds. The molecule has 1 aliphatic heterocycles. The number of aliphatic hydroxyl groups excluding tert-OH is 1. The number of amides is 1. The Morgan fingerprint density at radius 2 is 2.07 bits per heavy atom. The SMILES string of the molecule is CN(Cc1cc2c(=O)c(C(=O)NCc3ccc(Cl)cc3)cn(CCCOC3CCCCO3)c2s1)CC(O)c1ncccn1. The Kier molecular flexibility index (Phi) is 10.9. The number of carbonyl (C=O) groups excluding carboxylic acids is 1. The largest absolute Gasteiger partial charge is 0.384 e. The molecule has 2 N–H and O–H groups in total. The van der Waals surface area contributed by atoms with E-state index in [1.807, 2.05) is 34.7 Å². The first-order valence-electron chi connectivity index (χ1n) is 14.4. The minimum absolute atomic E-state index is 0.0901. The second-order valence-electron chi connectivity index (χ2n) is 10.6. The lowest BCUT2D eigenvalue weighted by molar-refractivity contribution is -0.162. The summed E-state index contributed by atoms with van der Waals surface area (Å²) in [6.45, 7) is 2.90. The lowest BCUT2D eigenvalue weighted by atomic mass is 10.1. The van der Waals surface area contributed by atoms with Gasteiger partial charge in [-0.25, -0.2) is 9.97 Å².